The van der Waals surface area contributed by atoms with Gasteiger partial charge < -0.3 is 15.0 Å². The summed E-state index contributed by atoms with van der Waals surface area (Å²) in [6.07, 6.45) is 4.68. The topological polar surface area (TPSA) is 72.3 Å². The van der Waals surface area contributed by atoms with Gasteiger partial charge in [0, 0.05) is 26.3 Å². The van der Waals surface area contributed by atoms with E-state index in [1.807, 2.05) is 18.7 Å². The second-order valence-corrected chi connectivity index (χ2v) is 7.00. The van der Waals surface area contributed by atoms with E-state index in [0.29, 0.717) is 18.4 Å². The van der Waals surface area contributed by atoms with Gasteiger partial charge >= 0.3 is 6.03 Å². The molecule has 24 heavy (non-hydrogen) atoms. The number of hydrogen-bond donors (Lipinski definition) is 1. The zero-order valence-electron chi connectivity index (χ0n) is 14.8. The van der Waals surface area contributed by atoms with E-state index in [1.165, 1.54) is 19.3 Å². The van der Waals surface area contributed by atoms with Gasteiger partial charge in [0.1, 0.15) is 5.69 Å². The first-order valence-electron chi connectivity index (χ1n) is 9.16. The van der Waals surface area contributed by atoms with Gasteiger partial charge in [-0.25, -0.2) is 4.79 Å². The first-order chi connectivity index (χ1) is 11.7. The molecule has 0 spiro atoms. The Labute approximate surface area is 143 Å². The monoisotopic (exact) mass is 335 g/mol. The molecule has 1 N–H and O–H groups in total. The minimum absolute atomic E-state index is 0.0211. The minimum Gasteiger partial charge on any atom is -0.381 e. The maximum Gasteiger partial charge on any atom is 0.317 e. The van der Waals surface area contributed by atoms with Crippen LogP contribution in [0.4, 0.5) is 4.79 Å². The van der Waals surface area contributed by atoms with Gasteiger partial charge in [0.05, 0.1) is 18.8 Å². The number of likely N-dealkylation sites (tertiary alicyclic amines) is 1. The Bertz CT molecular complexity index is 553. The zero-order valence-corrected chi connectivity index (χ0v) is 14.8. The van der Waals surface area contributed by atoms with Crippen molar-refractivity contribution in [1.82, 2.24) is 25.2 Å². The first-order valence-corrected chi connectivity index (χ1v) is 9.16. The maximum atomic E-state index is 12.5. The Morgan fingerprint density at radius 2 is 2.21 bits per heavy atom. The van der Waals surface area contributed by atoms with Crippen molar-refractivity contribution in [2.24, 2.45) is 11.8 Å². The molecule has 2 unspecified atom stereocenters. The highest BCUT2D eigenvalue weighted by atomic mass is 16.5. The molecule has 3 rings (SSSR count). The standard InChI is InChI=1S/C17H29N5O2/c1-3-22-19-13(2)16(20-22)10-18-17(23)21-7-4-5-14(11-21)9-15-6-8-24-12-15/h14-15H,3-12H2,1-2H3,(H,18,23). The van der Waals surface area contributed by atoms with Gasteiger partial charge in [0.15, 0.2) is 0 Å². The first kappa shape index (κ1) is 17.2. The van der Waals surface area contributed by atoms with Crippen LogP contribution in [0.15, 0.2) is 0 Å². The van der Waals surface area contributed by atoms with E-state index in [1.54, 1.807) is 4.80 Å². The third kappa shape index (κ3) is 4.26. The summed E-state index contributed by atoms with van der Waals surface area (Å²) < 4.78 is 5.48. The van der Waals surface area contributed by atoms with Crippen molar-refractivity contribution in [3.05, 3.63) is 11.4 Å². The number of rotatable bonds is 5. The van der Waals surface area contributed by atoms with Crippen LogP contribution in [0.1, 0.15) is 44.0 Å². The third-order valence-corrected chi connectivity index (χ3v) is 5.11. The van der Waals surface area contributed by atoms with Crippen molar-refractivity contribution in [2.75, 3.05) is 26.3 Å². The molecular weight excluding hydrogens is 306 g/mol. The number of carbonyl (C=O) groups is 1. The Hall–Kier alpha value is -1.63. The summed E-state index contributed by atoms with van der Waals surface area (Å²) in [7, 11) is 0. The van der Waals surface area contributed by atoms with Gasteiger partial charge in [0.25, 0.3) is 0 Å². The molecular formula is C17H29N5O2. The van der Waals surface area contributed by atoms with Crippen LogP contribution in [0.2, 0.25) is 0 Å². The van der Waals surface area contributed by atoms with Gasteiger partial charge in [-0.3, -0.25) is 0 Å². The number of carbonyl (C=O) groups excluding carboxylic acids is 1. The van der Waals surface area contributed by atoms with Crippen LogP contribution in [0.25, 0.3) is 0 Å². The van der Waals surface area contributed by atoms with E-state index in [4.69, 9.17) is 4.74 Å². The van der Waals surface area contributed by atoms with Gasteiger partial charge in [-0.2, -0.15) is 15.0 Å². The Kier molecular flexibility index (Phi) is 5.71. The lowest BCUT2D eigenvalue weighted by Gasteiger charge is -2.33. The molecule has 0 saturated carbocycles. The summed E-state index contributed by atoms with van der Waals surface area (Å²) in [5, 5.41) is 11.7. The van der Waals surface area contributed by atoms with Gasteiger partial charge in [0.2, 0.25) is 0 Å². The lowest BCUT2D eigenvalue weighted by Crippen LogP contribution is -2.45. The predicted molar refractivity (Wildman–Crippen MR) is 90.5 cm³/mol. The van der Waals surface area contributed by atoms with E-state index in [2.05, 4.69) is 15.5 Å². The maximum absolute atomic E-state index is 12.5. The smallest absolute Gasteiger partial charge is 0.317 e. The summed E-state index contributed by atoms with van der Waals surface area (Å²) in [4.78, 5) is 16.1. The van der Waals surface area contributed by atoms with Crippen LogP contribution in [0.5, 0.6) is 0 Å². The van der Waals surface area contributed by atoms with Crippen LogP contribution in [0, 0.1) is 18.8 Å². The van der Waals surface area contributed by atoms with E-state index in [-0.39, 0.29) is 6.03 Å². The molecule has 3 heterocycles. The Morgan fingerprint density at radius 1 is 1.33 bits per heavy atom. The fourth-order valence-corrected chi connectivity index (χ4v) is 3.72. The normalized spacial score (nSPS) is 24.3. The SMILES string of the molecule is CCn1nc(C)c(CNC(=O)N2CCCC(CC3CCOC3)C2)n1. The van der Waals surface area contributed by atoms with Crippen molar-refractivity contribution in [2.45, 2.75) is 52.6 Å². The Morgan fingerprint density at radius 3 is 2.92 bits per heavy atom. The summed E-state index contributed by atoms with van der Waals surface area (Å²) in [6, 6.07) is 0.0211. The molecule has 2 fully saturated rings. The molecule has 2 saturated heterocycles. The molecule has 134 valence electrons. The predicted octanol–water partition coefficient (Wildman–Crippen LogP) is 1.95. The average molecular weight is 335 g/mol. The summed E-state index contributed by atoms with van der Waals surface area (Å²) >= 11 is 0. The molecule has 2 aliphatic rings. The number of aromatic nitrogens is 3. The molecule has 1 aromatic rings. The summed E-state index contributed by atoms with van der Waals surface area (Å²) in [5.41, 5.74) is 1.73. The highest BCUT2D eigenvalue weighted by molar-refractivity contribution is 5.74. The van der Waals surface area contributed by atoms with Gasteiger partial charge in [-0.15, -0.1) is 0 Å². The number of ether oxygens (including phenoxy) is 1. The van der Waals surface area contributed by atoms with Gasteiger partial charge in [-0.1, -0.05) is 0 Å². The van der Waals surface area contributed by atoms with Crippen molar-refractivity contribution in [3.8, 4) is 0 Å². The zero-order chi connectivity index (χ0) is 16.9. The van der Waals surface area contributed by atoms with E-state index in [9.17, 15) is 4.79 Å². The number of nitrogens with one attached hydrogen (secondary N) is 1. The van der Waals surface area contributed by atoms with Crippen molar-refractivity contribution in [3.63, 3.8) is 0 Å². The summed E-state index contributed by atoms with van der Waals surface area (Å²) in [6.45, 7) is 8.64. The number of amides is 2. The molecule has 2 amide bonds. The third-order valence-electron chi connectivity index (χ3n) is 5.11. The van der Waals surface area contributed by atoms with Crippen LogP contribution in [-0.2, 0) is 17.8 Å². The molecule has 2 aliphatic heterocycles. The molecule has 0 bridgehead atoms. The molecule has 7 nitrogen and oxygen atoms in total. The number of piperidine rings is 1. The molecule has 0 aliphatic carbocycles. The molecule has 7 heteroatoms. The fourth-order valence-electron chi connectivity index (χ4n) is 3.72. The quantitative estimate of drug-likeness (QED) is 0.893. The second-order valence-electron chi connectivity index (χ2n) is 7.00. The van der Waals surface area contributed by atoms with Crippen LogP contribution < -0.4 is 5.32 Å². The number of hydrogen-bond acceptors (Lipinski definition) is 4. The minimum atomic E-state index is 0.0211. The molecule has 0 aromatic carbocycles. The van der Waals surface area contributed by atoms with Crippen LogP contribution in [0.3, 0.4) is 0 Å². The van der Waals surface area contributed by atoms with Crippen molar-refractivity contribution in [1.29, 1.82) is 0 Å². The van der Waals surface area contributed by atoms with E-state index < -0.39 is 0 Å². The molecule has 2 atom stereocenters. The van der Waals surface area contributed by atoms with Gasteiger partial charge in [-0.05, 0) is 51.4 Å². The molecule has 1 aromatic heterocycles. The molecule has 0 radical (unpaired) electrons. The van der Waals surface area contributed by atoms with E-state index in [0.717, 1.165) is 50.7 Å². The number of aryl methyl sites for hydroxylation is 2. The van der Waals surface area contributed by atoms with Crippen molar-refractivity contribution >= 4 is 6.03 Å². The highest BCUT2D eigenvalue weighted by Crippen LogP contribution is 2.27. The largest absolute Gasteiger partial charge is 0.381 e. The number of urea groups is 1. The lowest BCUT2D eigenvalue weighted by molar-refractivity contribution is 0.146. The highest BCUT2D eigenvalue weighted by Gasteiger charge is 2.27. The Balaban J connectivity index is 1.47. The number of nitrogens with zero attached hydrogens (tertiary/aromatic N) is 4. The lowest BCUT2D eigenvalue weighted by atomic mass is 9.88. The van der Waals surface area contributed by atoms with E-state index >= 15 is 0 Å². The van der Waals surface area contributed by atoms with Crippen molar-refractivity contribution < 1.29 is 9.53 Å². The second kappa shape index (κ2) is 7.96. The fraction of sp³-hybridized carbons (Fsp3) is 0.824. The average Bonchev–Trinajstić information content (AvgIpc) is 3.22. The van der Waals surface area contributed by atoms with Crippen LogP contribution in [-0.4, -0.2) is 52.2 Å². The van der Waals surface area contributed by atoms with Crippen LogP contribution >= 0.6 is 0 Å². The summed E-state index contributed by atoms with van der Waals surface area (Å²) in [5.74, 6) is 1.30.